The van der Waals surface area contributed by atoms with Crippen molar-refractivity contribution >= 4 is 6.21 Å². The molecule has 0 spiro atoms. The molecule has 0 unspecified atom stereocenters. The van der Waals surface area contributed by atoms with Crippen molar-refractivity contribution in [3.05, 3.63) is 23.6 Å². The van der Waals surface area contributed by atoms with Crippen molar-refractivity contribution in [2.45, 2.75) is 0 Å². The third kappa shape index (κ3) is 1.43. The van der Waals surface area contributed by atoms with E-state index in [1.807, 2.05) is 0 Å². The van der Waals surface area contributed by atoms with Crippen LogP contribution in [0, 0.1) is 11.4 Å². The minimum Gasteiger partial charge on any atom is -0.596 e. The predicted octanol–water partition coefficient (Wildman–Crippen LogP) is -0.222. The molecule has 0 saturated carbocycles. The number of hydrazone groups is 1. The first-order valence-electron chi connectivity index (χ1n) is 2.48. The number of nitrogens with one attached hydrogen (secondary N) is 1. The van der Waals surface area contributed by atoms with Gasteiger partial charge in [-0.2, -0.15) is 0 Å². The van der Waals surface area contributed by atoms with E-state index in [4.69, 9.17) is 4.74 Å². The Labute approximate surface area is 53.0 Å². The molecule has 1 radical (unpaired) electrons. The molecule has 0 aliphatic carbocycles. The van der Waals surface area contributed by atoms with Gasteiger partial charge in [-0.1, -0.05) is 4.85 Å². The highest BCUT2D eigenvalue weighted by Crippen LogP contribution is 1.98. The first-order valence-corrected chi connectivity index (χ1v) is 2.48. The Hall–Kier alpha value is -1.03. The summed E-state index contributed by atoms with van der Waals surface area (Å²) in [7, 11) is 1.49. The van der Waals surface area contributed by atoms with Gasteiger partial charge in [-0.3, -0.25) is 0 Å². The lowest BCUT2D eigenvalue weighted by Gasteiger charge is -2.12. The quantitative estimate of drug-likeness (QED) is 0.391. The molecule has 0 amide bonds. The van der Waals surface area contributed by atoms with Gasteiger partial charge >= 0.3 is 0 Å². The average molecular weight is 127 g/mol. The molecule has 0 atom stereocenters. The summed E-state index contributed by atoms with van der Waals surface area (Å²) in [6.45, 7) is 0. The minimum absolute atomic E-state index is 0.451. The second-order valence-electron chi connectivity index (χ2n) is 1.51. The molecule has 1 aliphatic rings. The van der Waals surface area contributed by atoms with Crippen molar-refractivity contribution in [3.63, 3.8) is 0 Å². The molecule has 49 valence electrons. The molecule has 1 aliphatic heterocycles. The lowest BCUT2D eigenvalue weighted by Crippen LogP contribution is -2.31. The van der Waals surface area contributed by atoms with Crippen LogP contribution in [0.15, 0.2) is 12.2 Å². The zero-order valence-electron chi connectivity index (χ0n) is 5.00. The highest BCUT2D eigenvalue weighted by atomic mass is 16.5. The van der Waals surface area contributed by atoms with Gasteiger partial charge in [0.15, 0.2) is 0 Å². The lowest BCUT2D eigenvalue weighted by atomic mass is 10.4. The summed E-state index contributed by atoms with van der Waals surface area (Å²) >= 11 is 0. The maximum absolute atomic E-state index is 10.4. The monoisotopic (exact) mass is 127 g/mol. The Morgan fingerprint density at radius 3 is 3.00 bits per heavy atom. The summed E-state index contributed by atoms with van der Waals surface area (Å²) in [5.41, 5.74) is 2.40. The predicted molar refractivity (Wildman–Crippen MR) is 32.2 cm³/mol. The van der Waals surface area contributed by atoms with E-state index >= 15 is 0 Å². The molecular formula is C5H7N2O2. The number of rotatable bonds is 1. The molecule has 0 bridgehead atoms. The fourth-order valence-corrected chi connectivity index (χ4v) is 0.505. The van der Waals surface area contributed by atoms with Crippen LogP contribution in [0.25, 0.3) is 0 Å². The van der Waals surface area contributed by atoms with Gasteiger partial charge in [0.25, 0.3) is 6.23 Å². The van der Waals surface area contributed by atoms with Gasteiger partial charge in [0.05, 0.1) is 0 Å². The van der Waals surface area contributed by atoms with E-state index in [1.165, 1.54) is 13.3 Å². The Balaban J connectivity index is 2.51. The van der Waals surface area contributed by atoms with Crippen molar-refractivity contribution in [2.75, 3.05) is 7.11 Å². The van der Waals surface area contributed by atoms with Crippen molar-refractivity contribution in [1.82, 2.24) is 5.43 Å². The number of allylic oxidation sites excluding steroid dienone is 1. The van der Waals surface area contributed by atoms with Crippen LogP contribution in [0.5, 0.6) is 0 Å². The molecule has 1 heterocycles. The molecule has 0 fully saturated rings. The summed E-state index contributed by atoms with van der Waals surface area (Å²) in [4.78, 5) is 0.568. The van der Waals surface area contributed by atoms with Crippen molar-refractivity contribution in [1.29, 1.82) is 0 Å². The number of methoxy groups -OCH3 is 1. The summed E-state index contributed by atoms with van der Waals surface area (Å²) in [5, 5.41) is 10.4. The van der Waals surface area contributed by atoms with Crippen LogP contribution in [0.3, 0.4) is 0 Å². The fraction of sp³-hybridized carbons (Fsp3) is 0.200. The van der Waals surface area contributed by atoms with Gasteiger partial charge in [0.2, 0.25) is 6.21 Å². The maximum atomic E-state index is 10.4. The molecule has 0 saturated heterocycles. The Kier molecular flexibility index (Phi) is 1.69. The van der Waals surface area contributed by atoms with Crippen LogP contribution in [0.2, 0.25) is 0 Å². The van der Waals surface area contributed by atoms with Crippen molar-refractivity contribution in [3.8, 4) is 0 Å². The normalized spacial score (nSPS) is 19.0. The molecule has 1 N–H and O–H groups in total. The van der Waals surface area contributed by atoms with E-state index < -0.39 is 0 Å². The van der Waals surface area contributed by atoms with Crippen LogP contribution in [-0.4, -0.2) is 18.2 Å². The zero-order valence-corrected chi connectivity index (χ0v) is 5.00. The van der Waals surface area contributed by atoms with Gasteiger partial charge < -0.3 is 9.94 Å². The van der Waals surface area contributed by atoms with Gasteiger partial charge in [-0.15, -0.1) is 5.43 Å². The second-order valence-corrected chi connectivity index (χ2v) is 1.51. The molecular weight excluding hydrogens is 120 g/mol. The van der Waals surface area contributed by atoms with Gasteiger partial charge in [0.1, 0.15) is 0 Å². The van der Waals surface area contributed by atoms with Crippen LogP contribution in [0.4, 0.5) is 0 Å². The molecule has 4 nitrogen and oxygen atoms in total. The molecule has 1 rings (SSSR count). The van der Waals surface area contributed by atoms with Gasteiger partial charge in [0, 0.05) is 13.2 Å². The van der Waals surface area contributed by atoms with E-state index in [1.54, 1.807) is 12.2 Å². The van der Waals surface area contributed by atoms with Gasteiger partial charge in [-0.05, 0) is 6.08 Å². The van der Waals surface area contributed by atoms with Crippen LogP contribution >= 0.6 is 0 Å². The molecule has 0 aromatic rings. The third-order valence-electron chi connectivity index (χ3n) is 0.909. The average Bonchev–Trinajstić information content (AvgIpc) is 1.88. The highest BCUT2D eigenvalue weighted by molar-refractivity contribution is 5.67. The summed E-state index contributed by atoms with van der Waals surface area (Å²) in [6.07, 6.45) is 5.06. The number of hydrogen-bond acceptors (Lipinski definition) is 3. The fourth-order valence-electron chi connectivity index (χ4n) is 0.505. The lowest BCUT2D eigenvalue weighted by molar-refractivity contribution is -0.522. The van der Waals surface area contributed by atoms with Crippen molar-refractivity contribution in [2.24, 2.45) is 0 Å². The summed E-state index contributed by atoms with van der Waals surface area (Å²) in [5.74, 6) is 0. The largest absolute Gasteiger partial charge is 0.596 e. The number of ether oxygens (including phenoxy) is 1. The highest BCUT2D eigenvalue weighted by Gasteiger charge is 2.09. The molecule has 0 aromatic carbocycles. The second kappa shape index (κ2) is 2.50. The Bertz CT molecular complexity index is 153. The molecule has 9 heavy (non-hydrogen) atoms. The van der Waals surface area contributed by atoms with Crippen molar-refractivity contribution < 1.29 is 9.58 Å². The number of hydrogen-bond donors (Lipinski definition) is 1. The first-order chi connectivity index (χ1) is 4.33. The van der Waals surface area contributed by atoms with E-state index in [0.717, 1.165) is 0 Å². The maximum Gasteiger partial charge on any atom is 0.266 e. The summed E-state index contributed by atoms with van der Waals surface area (Å²) < 4.78 is 4.72. The Morgan fingerprint density at radius 2 is 2.56 bits per heavy atom. The third-order valence-corrected chi connectivity index (χ3v) is 0.909. The van der Waals surface area contributed by atoms with E-state index in [2.05, 4.69) is 5.43 Å². The first kappa shape index (κ1) is 6.10. The Morgan fingerprint density at radius 1 is 1.78 bits per heavy atom. The van der Waals surface area contributed by atoms with E-state index in [0.29, 0.717) is 11.1 Å². The van der Waals surface area contributed by atoms with Crippen LogP contribution in [-0.2, 0) is 4.74 Å². The van der Waals surface area contributed by atoms with E-state index in [-0.39, 0.29) is 0 Å². The van der Waals surface area contributed by atoms with Crippen LogP contribution in [0.1, 0.15) is 0 Å². The smallest absolute Gasteiger partial charge is 0.266 e. The standard InChI is InChI=1S/C5H7N2O2/c1-9-5-3-2-4-7(8)6-5/h2-4,6H,1H3. The van der Waals surface area contributed by atoms with Gasteiger partial charge in [-0.25, -0.2) is 0 Å². The number of nitrogens with zero attached hydrogens (tertiary/aromatic N) is 1. The summed E-state index contributed by atoms with van der Waals surface area (Å²) in [6, 6.07) is 0. The van der Waals surface area contributed by atoms with E-state index in [9.17, 15) is 5.21 Å². The SMILES string of the molecule is CO[C]1C=CC=[N+]([O-])N1. The molecule has 0 aromatic heterocycles. The number of hydrazine groups is 1. The van der Waals surface area contributed by atoms with Crippen LogP contribution < -0.4 is 5.43 Å². The molecule has 4 heteroatoms. The minimum atomic E-state index is 0.451. The topological polar surface area (TPSA) is 47.3 Å². The zero-order chi connectivity index (χ0) is 6.69.